The zero-order chi connectivity index (χ0) is 21.1. The van der Waals surface area contributed by atoms with E-state index < -0.39 is 0 Å². The summed E-state index contributed by atoms with van der Waals surface area (Å²) in [7, 11) is 1.82. The molecule has 0 fully saturated rings. The fraction of sp³-hybridized carbons (Fsp3) is 0.0952. The Morgan fingerprint density at radius 1 is 1.10 bits per heavy atom. The van der Waals surface area contributed by atoms with Gasteiger partial charge in [0, 0.05) is 7.05 Å². The van der Waals surface area contributed by atoms with E-state index in [2.05, 4.69) is 25.8 Å². The van der Waals surface area contributed by atoms with Crippen LogP contribution in [0.5, 0.6) is 0 Å². The Hall–Kier alpha value is -3.85. The Morgan fingerprint density at radius 2 is 1.80 bits per heavy atom. The first kappa shape index (κ1) is 19.5. The molecule has 2 aromatic carbocycles. The van der Waals surface area contributed by atoms with Gasteiger partial charge in [-0.15, -0.1) is 0 Å². The molecule has 0 aliphatic rings. The van der Waals surface area contributed by atoms with E-state index >= 15 is 0 Å². The average Bonchev–Trinajstić information content (AvgIpc) is 2.97. The number of thiocarbonyl (C=S) groups is 1. The molecule has 2 heterocycles. The van der Waals surface area contributed by atoms with Crippen molar-refractivity contribution in [3.05, 3.63) is 82.5 Å². The molecule has 4 rings (SSSR count). The van der Waals surface area contributed by atoms with E-state index in [1.54, 1.807) is 15.6 Å². The number of hydrazone groups is 1. The van der Waals surface area contributed by atoms with Crippen LogP contribution >= 0.6 is 12.2 Å². The average molecular weight is 417 g/mol. The topological polar surface area (TPSA) is 89.1 Å². The summed E-state index contributed by atoms with van der Waals surface area (Å²) in [5.41, 5.74) is 6.61. The molecular weight excluding hydrogens is 398 g/mol. The highest BCUT2D eigenvalue weighted by Crippen LogP contribution is 2.13. The van der Waals surface area contributed by atoms with Gasteiger partial charge in [0.05, 0.1) is 34.8 Å². The molecule has 0 aliphatic carbocycles. The number of nitrogens with one attached hydrogen (secondary N) is 2. The molecule has 9 heteroatoms. The molecule has 0 atom stereocenters. The number of anilines is 1. The van der Waals surface area contributed by atoms with Gasteiger partial charge in [-0.3, -0.25) is 19.9 Å². The third kappa shape index (κ3) is 3.83. The van der Waals surface area contributed by atoms with E-state index in [4.69, 9.17) is 12.2 Å². The summed E-state index contributed by atoms with van der Waals surface area (Å²) in [4.78, 5) is 21.7. The fourth-order valence-electron chi connectivity index (χ4n) is 3.04. The highest BCUT2D eigenvalue weighted by Gasteiger charge is 2.16. The van der Waals surface area contributed by atoms with Crippen LogP contribution in [0.25, 0.3) is 16.7 Å². The lowest BCUT2D eigenvalue weighted by Gasteiger charge is -2.07. The molecule has 0 unspecified atom stereocenters. The summed E-state index contributed by atoms with van der Waals surface area (Å²) in [6.07, 6.45) is 3.15. The number of para-hydroxylation sites is 3. The number of fused-ring (bicyclic) bond motifs is 1. The molecule has 0 spiro atoms. The molecule has 0 saturated carbocycles. The van der Waals surface area contributed by atoms with E-state index in [1.807, 2.05) is 68.6 Å². The maximum absolute atomic E-state index is 12.9. The summed E-state index contributed by atoms with van der Waals surface area (Å²) >= 11 is 5.29. The highest BCUT2D eigenvalue weighted by atomic mass is 32.1. The third-order valence-electron chi connectivity index (χ3n) is 4.62. The van der Waals surface area contributed by atoms with E-state index in [1.165, 1.54) is 6.21 Å². The maximum Gasteiger partial charge on any atom is 0.295 e. The SMILES string of the molecule is Cc1c(NC(=S)N/N=C\c2cnc3ccccc3n2)c(=O)n(-c2ccccc2)n1C. The summed E-state index contributed by atoms with van der Waals surface area (Å²) in [5, 5.41) is 7.24. The molecule has 0 saturated heterocycles. The van der Waals surface area contributed by atoms with Crippen molar-refractivity contribution >= 4 is 40.3 Å². The number of hydrogen-bond acceptors (Lipinski definition) is 5. The van der Waals surface area contributed by atoms with Crippen molar-refractivity contribution in [1.29, 1.82) is 0 Å². The second kappa shape index (κ2) is 8.26. The minimum Gasteiger partial charge on any atom is -0.325 e. The van der Waals surface area contributed by atoms with Crippen LogP contribution in [0.2, 0.25) is 0 Å². The van der Waals surface area contributed by atoms with Crippen molar-refractivity contribution in [3.63, 3.8) is 0 Å². The second-order valence-corrected chi connectivity index (χ2v) is 6.95. The van der Waals surface area contributed by atoms with Gasteiger partial charge in [0.2, 0.25) is 0 Å². The van der Waals surface area contributed by atoms with Crippen LogP contribution < -0.4 is 16.3 Å². The summed E-state index contributed by atoms with van der Waals surface area (Å²) in [5.74, 6) is 0. The molecule has 30 heavy (non-hydrogen) atoms. The van der Waals surface area contributed by atoms with Gasteiger partial charge in [-0.2, -0.15) is 5.10 Å². The Morgan fingerprint density at radius 3 is 2.57 bits per heavy atom. The van der Waals surface area contributed by atoms with E-state index in [0.29, 0.717) is 11.4 Å². The van der Waals surface area contributed by atoms with Gasteiger partial charge < -0.3 is 5.32 Å². The van der Waals surface area contributed by atoms with Crippen molar-refractivity contribution in [1.82, 2.24) is 24.8 Å². The molecule has 0 bridgehead atoms. The lowest BCUT2D eigenvalue weighted by Crippen LogP contribution is -2.28. The summed E-state index contributed by atoms with van der Waals surface area (Å²) in [6, 6.07) is 17.0. The molecular formula is C21H19N7OS. The highest BCUT2D eigenvalue weighted by molar-refractivity contribution is 7.80. The van der Waals surface area contributed by atoms with Crippen LogP contribution in [0, 0.1) is 6.92 Å². The first-order valence-corrected chi connectivity index (χ1v) is 9.61. The van der Waals surface area contributed by atoms with Gasteiger partial charge in [0.25, 0.3) is 5.56 Å². The van der Waals surface area contributed by atoms with Crippen molar-refractivity contribution in [2.45, 2.75) is 6.92 Å². The smallest absolute Gasteiger partial charge is 0.295 e. The van der Waals surface area contributed by atoms with Gasteiger partial charge in [-0.25, -0.2) is 9.67 Å². The molecule has 2 N–H and O–H groups in total. The van der Waals surface area contributed by atoms with Gasteiger partial charge in [0.15, 0.2) is 5.11 Å². The fourth-order valence-corrected chi connectivity index (χ4v) is 3.20. The van der Waals surface area contributed by atoms with Crippen LogP contribution in [0.15, 0.2) is 70.7 Å². The lowest BCUT2D eigenvalue weighted by molar-refractivity contribution is 0.630. The first-order valence-electron chi connectivity index (χ1n) is 9.20. The number of nitrogens with zero attached hydrogens (tertiary/aromatic N) is 5. The molecule has 0 radical (unpaired) electrons. The molecule has 2 aromatic heterocycles. The van der Waals surface area contributed by atoms with Crippen LogP contribution in [0.4, 0.5) is 5.69 Å². The lowest BCUT2D eigenvalue weighted by atomic mass is 10.3. The van der Waals surface area contributed by atoms with E-state index in [9.17, 15) is 4.79 Å². The molecule has 8 nitrogen and oxygen atoms in total. The normalized spacial score (nSPS) is 11.1. The van der Waals surface area contributed by atoms with Crippen molar-refractivity contribution < 1.29 is 0 Å². The zero-order valence-electron chi connectivity index (χ0n) is 16.4. The van der Waals surface area contributed by atoms with E-state index in [-0.39, 0.29) is 10.7 Å². The zero-order valence-corrected chi connectivity index (χ0v) is 17.2. The predicted molar refractivity (Wildman–Crippen MR) is 122 cm³/mol. The predicted octanol–water partition coefficient (Wildman–Crippen LogP) is 2.75. The minimum atomic E-state index is -0.199. The van der Waals surface area contributed by atoms with Crippen LogP contribution in [-0.4, -0.2) is 30.7 Å². The van der Waals surface area contributed by atoms with E-state index in [0.717, 1.165) is 22.4 Å². The Labute approximate surface area is 177 Å². The van der Waals surface area contributed by atoms with Crippen LogP contribution in [-0.2, 0) is 7.05 Å². The number of benzene rings is 2. The molecule has 0 amide bonds. The molecule has 4 aromatic rings. The number of hydrogen-bond donors (Lipinski definition) is 2. The standard InChI is InChI=1S/C21H19N7OS/c1-14-19(20(29)28(27(14)2)16-8-4-3-5-9-16)25-21(30)26-23-13-15-12-22-17-10-6-7-11-18(17)24-15/h3-13H,1-2H3,(H2,25,26,30)/b23-13-. The minimum absolute atomic E-state index is 0.199. The summed E-state index contributed by atoms with van der Waals surface area (Å²) in [6.45, 7) is 1.85. The molecule has 0 aliphatic heterocycles. The van der Waals surface area contributed by atoms with Crippen molar-refractivity contribution in [2.75, 3.05) is 5.32 Å². The van der Waals surface area contributed by atoms with Gasteiger partial charge >= 0.3 is 0 Å². The Kier molecular flexibility index (Phi) is 5.36. The monoisotopic (exact) mass is 417 g/mol. The quantitative estimate of drug-likeness (QED) is 0.302. The summed E-state index contributed by atoms with van der Waals surface area (Å²) < 4.78 is 3.35. The third-order valence-corrected chi connectivity index (χ3v) is 4.82. The molecule has 150 valence electrons. The van der Waals surface area contributed by atoms with Gasteiger partial charge in [-0.05, 0) is 43.4 Å². The van der Waals surface area contributed by atoms with Crippen LogP contribution in [0.3, 0.4) is 0 Å². The van der Waals surface area contributed by atoms with Crippen molar-refractivity contribution in [2.24, 2.45) is 12.1 Å². The maximum atomic E-state index is 12.9. The second-order valence-electron chi connectivity index (χ2n) is 6.54. The van der Waals surface area contributed by atoms with Crippen LogP contribution in [0.1, 0.15) is 11.4 Å². The largest absolute Gasteiger partial charge is 0.325 e. The van der Waals surface area contributed by atoms with Gasteiger partial charge in [-0.1, -0.05) is 30.3 Å². The Bertz CT molecular complexity index is 1310. The Balaban J connectivity index is 1.49. The number of rotatable bonds is 4. The number of aromatic nitrogens is 4. The van der Waals surface area contributed by atoms with Gasteiger partial charge in [0.1, 0.15) is 11.4 Å². The van der Waals surface area contributed by atoms with Crippen molar-refractivity contribution in [3.8, 4) is 5.69 Å². The first-order chi connectivity index (χ1) is 14.5.